The summed E-state index contributed by atoms with van der Waals surface area (Å²) in [6.07, 6.45) is 3.37. The van der Waals surface area contributed by atoms with Gasteiger partial charge in [-0.1, -0.05) is 12.8 Å². The van der Waals surface area contributed by atoms with Gasteiger partial charge in [0.15, 0.2) is 0 Å². The number of aryl methyl sites for hydroxylation is 2. The SMILES string of the molecule is Cc1n[nH]c(C)c1S(=O)(=O)NCCCCCCO. The van der Waals surface area contributed by atoms with Crippen molar-refractivity contribution >= 4 is 10.0 Å². The number of aromatic nitrogens is 2. The highest BCUT2D eigenvalue weighted by Crippen LogP contribution is 2.16. The fourth-order valence-electron chi connectivity index (χ4n) is 1.81. The lowest BCUT2D eigenvalue weighted by Crippen LogP contribution is -2.25. The Morgan fingerprint density at radius 2 is 1.89 bits per heavy atom. The van der Waals surface area contributed by atoms with Gasteiger partial charge in [-0.25, -0.2) is 13.1 Å². The molecule has 104 valence electrons. The molecule has 0 aliphatic rings. The summed E-state index contributed by atoms with van der Waals surface area (Å²) in [7, 11) is -3.46. The highest BCUT2D eigenvalue weighted by Gasteiger charge is 2.21. The molecule has 0 fully saturated rings. The Kier molecular flexibility index (Phi) is 5.77. The van der Waals surface area contributed by atoms with Crippen molar-refractivity contribution in [1.29, 1.82) is 0 Å². The van der Waals surface area contributed by atoms with E-state index in [-0.39, 0.29) is 11.5 Å². The van der Waals surface area contributed by atoms with Crippen molar-refractivity contribution in [2.24, 2.45) is 0 Å². The number of hydrogen-bond acceptors (Lipinski definition) is 4. The number of sulfonamides is 1. The second-order valence-electron chi connectivity index (χ2n) is 4.30. The van der Waals surface area contributed by atoms with E-state index in [1.807, 2.05) is 0 Å². The number of aromatic amines is 1. The van der Waals surface area contributed by atoms with Gasteiger partial charge in [0.2, 0.25) is 10.0 Å². The summed E-state index contributed by atoms with van der Waals surface area (Å²) in [5, 5.41) is 15.2. The normalized spacial score (nSPS) is 11.9. The van der Waals surface area contributed by atoms with Crippen LogP contribution in [0, 0.1) is 13.8 Å². The molecule has 0 amide bonds. The van der Waals surface area contributed by atoms with E-state index in [1.54, 1.807) is 13.8 Å². The molecule has 0 spiro atoms. The molecule has 6 nitrogen and oxygen atoms in total. The van der Waals surface area contributed by atoms with E-state index in [4.69, 9.17) is 5.11 Å². The van der Waals surface area contributed by atoms with Gasteiger partial charge < -0.3 is 5.11 Å². The number of unbranched alkanes of at least 4 members (excludes halogenated alkanes) is 3. The van der Waals surface area contributed by atoms with Crippen molar-refractivity contribution in [1.82, 2.24) is 14.9 Å². The lowest BCUT2D eigenvalue weighted by atomic mass is 10.2. The second-order valence-corrected chi connectivity index (χ2v) is 6.00. The minimum Gasteiger partial charge on any atom is -0.396 e. The molecule has 1 rings (SSSR count). The highest BCUT2D eigenvalue weighted by atomic mass is 32.2. The molecule has 0 radical (unpaired) electrons. The van der Waals surface area contributed by atoms with Gasteiger partial charge in [-0.2, -0.15) is 5.10 Å². The van der Waals surface area contributed by atoms with Crippen LogP contribution in [-0.2, 0) is 10.0 Å². The van der Waals surface area contributed by atoms with E-state index in [9.17, 15) is 8.42 Å². The van der Waals surface area contributed by atoms with Gasteiger partial charge in [-0.3, -0.25) is 5.10 Å². The molecular formula is C11H21N3O3S. The van der Waals surface area contributed by atoms with Gasteiger partial charge >= 0.3 is 0 Å². The van der Waals surface area contributed by atoms with Crippen molar-refractivity contribution in [3.05, 3.63) is 11.4 Å². The Bertz CT molecular complexity index is 448. The lowest BCUT2D eigenvalue weighted by molar-refractivity contribution is 0.282. The van der Waals surface area contributed by atoms with E-state index in [0.29, 0.717) is 17.9 Å². The molecule has 18 heavy (non-hydrogen) atoms. The Balaban J connectivity index is 2.46. The summed E-state index contributed by atoms with van der Waals surface area (Å²) < 4.78 is 26.6. The quantitative estimate of drug-likeness (QED) is 0.613. The van der Waals surface area contributed by atoms with Crippen LogP contribution in [0.3, 0.4) is 0 Å². The third kappa shape index (κ3) is 4.08. The lowest BCUT2D eigenvalue weighted by Gasteiger charge is -2.06. The molecule has 0 aromatic carbocycles. The number of aliphatic hydroxyl groups excluding tert-OH is 1. The van der Waals surface area contributed by atoms with Crippen LogP contribution < -0.4 is 4.72 Å². The van der Waals surface area contributed by atoms with Crippen LogP contribution in [0.15, 0.2) is 4.90 Å². The van der Waals surface area contributed by atoms with Crippen LogP contribution in [-0.4, -0.2) is 36.9 Å². The van der Waals surface area contributed by atoms with E-state index in [0.717, 1.165) is 25.7 Å². The van der Waals surface area contributed by atoms with Gasteiger partial charge in [0.1, 0.15) is 4.90 Å². The molecule has 0 saturated heterocycles. The predicted molar refractivity (Wildman–Crippen MR) is 68.8 cm³/mol. The average molecular weight is 275 g/mol. The van der Waals surface area contributed by atoms with Crippen LogP contribution in [0.1, 0.15) is 37.1 Å². The first-order chi connectivity index (χ1) is 8.49. The topological polar surface area (TPSA) is 95.1 Å². The number of rotatable bonds is 8. The Morgan fingerprint density at radius 1 is 1.22 bits per heavy atom. The van der Waals surface area contributed by atoms with Crippen LogP contribution in [0.2, 0.25) is 0 Å². The van der Waals surface area contributed by atoms with Crippen LogP contribution >= 0.6 is 0 Å². The summed E-state index contributed by atoms with van der Waals surface area (Å²) >= 11 is 0. The maximum Gasteiger partial charge on any atom is 0.244 e. The zero-order valence-corrected chi connectivity index (χ0v) is 11.7. The fourth-order valence-corrected chi connectivity index (χ4v) is 3.25. The van der Waals surface area contributed by atoms with Crippen molar-refractivity contribution in [2.45, 2.75) is 44.4 Å². The molecule has 1 aromatic rings. The van der Waals surface area contributed by atoms with Crippen LogP contribution in [0.5, 0.6) is 0 Å². The summed E-state index contributed by atoms with van der Waals surface area (Å²) in [5.41, 5.74) is 1.04. The minimum absolute atomic E-state index is 0.194. The Labute approximate surface area is 108 Å². The van der Waals surface area contributed by atoms with Gasteiger partial charge in [0.05, 0.1) is 11.4 Å². The zero-order chi connectivity index (χ0) is 13.6. The van der Waals surface area contributed by atoms with Gasteiger partial charge in [0, 0.05) is 13.2 Å². The summed E-state index contributed by atoms with van der Waals surface area (Å²) in [6, 6.07) is 0. The zero-order valence-electron chi connectivity index (χ0n) is 10.9. The molecule has 0 aliphatic heterocycles. The fraction of sp³-hybridized carbons (Fsp3) is 0.727. The largest absolute Gasteiger partial charge is 0.396 e. The molecule has 1 heterocycles. The minimum atomic E-state index is -3.46. The second kappa shape index (κ2) is 6.86. The molecule has 7 heteroatoms. The molecule has 0 unspecified atom stereocenters. The highest BCUT2D eigenvalue weighted by molar-refractivity contribution is 7.89. The first-order valence-corrected chi connectivity index (χ1v) is 7.59. The number of hydrogen-bond donors (Lipinski definition) is 3. The summed E-state index contributed by atoms with van der Waals surface area (Å²) in [4.78, 5) is 0.248. The molecule has 0 saturated carbocycles. The molecule has 0 bridgehead atoms. The van der Waals surface area contributed by atoms with E-state index >= 15 is 0 Å². The first kappa shape index (κ1) is 15.1. The van der Waals surface area contributed by atoms with E-state index in [2.05, 4.69) is 14.9 Å². The molecule has 3 N–H and O–H groups in total. The van der Waals surface area contributed by atoms with Crippen molar-refractivity contribution < 1.29 is 13.5 Å². The maximum absolute atomic E-state index is 12.0. The summed E-state index contributed by atoms with van der Waals surface area (Å²) in [5.74, 6) is 0. The van der Waals surface area contributed by atoms with E-state index < -0.39 is 10.0 Å². The van der Waals surface area contributed by atoms with E-state index in [1.165, 1.54) is 0 Å². The van der Waals surface area contributed by atoms with Crippen molar-refractivity contribution in [3.8, 4) is 0 Å². The number of aliphatic hydroxyl groups is 1. The monoisotopic (exact) mass is 275 g/mol. The van der Waals surface area contributed by atoms with Gasteiger partial charge in [0.25, 0.3) is 0 Å². The Hall–Kier alpha value is -0.920. The number of H-pyrrole nitrogens is 1. The summed E-state index contributed by atoms with van der Waals surface area (Å²) in [6.45, 7) is 3.96. The first-order valence-electron chi connectivity index (χ1n) is 6.11. The van der Waals surface area contributed by atoms with Crippen molar-refractivity contribution in [3.63, 3.8) is 0 Å². The van der Waals surface area contributed by atoms with Crippen LogP contribution in [0.4, 0.5) is 0 Å². The predicted octanol–water partition coefficient (Wildman–Crippen LogP) is 0.858. The number of nitrogens with one attached hydrogen (secondary N) is 2. The van der Waals surface area contributed by atoms with Gasteiger partial charge in [-0.05, 0) is 26.7 Å². The third-order valence-electron chi connectivity index (χ3n) is 2.71. The molecule has 0 aliphatic carbocycles. The van der Waals surface area contributed by atoms with Crippen molar-refractivity contribution in [2.75, 3.05) is 13.2 Å². The Morgan fingerprint density at radius 3 is 2.44 bits per heavy atom. The average Bonchev–Trinajstić information content (AvgIpc) is 2.64. The maximum atomic E-state index is 12.0. The van der Waals surface area contributed by atoms with Crippen LogP contribution in [0.25, 0.3) is 0 Å². The smallest absolute Gasteiger partial charge is 0.244 e. The van der Waals surface area contributed by atoms with Gasteiger partial charge in [-0.15, -0.1) is 0 Å². The molecule has 0 atom stereocenters. The molecule has 1 aromatic heterocycles. The molecular weight excluding hydrogens is 254 g/mol. The number of nitrogens with zero attached hydrogens (tertiary/aromatic N) is 1. The standard InChI is InChI=1S/C11H21N3O3S/c1-9-11(10(2)14-13-9)18(16,17)12-7-5-3-4-6-8-15/h12,15H,3-8H2,1-2H3,(H,13,14). The third-order valence-corrected chi connectivity index (χ3v) is 4.43.